The zero-order valence-electron chi connectivity index (χ0n) is 18.1. The highest BCUT2D eigenvalue weighted by molar-refractivity contribution is 14.0. The van der Waals surface area contributed by atoms with E-state index in [1.165, 1.54) is 5.56 Å². The Labute approximate surface area is 196 Å². The highest BCUT2D eigenvalue weighted by Crippen LogP contribution is 2.34. The van der Waals surface area contributed by atoms with Gasteiger partial charge in [0.05, 0.1) is 12.7 Å². The van der Waals surface area contributed by atoms with Gasteiger partial charge in [-0.2, -0.15) is 5.10 Å². The SMILES string of the molecule is CCNC(=NCC(C)(O)c1cnn(C)c1)NCC1(c2ccccc2)CCOCC1.I. The molecule has 1 fully saturated rings. The molecule has 0 saturated carbocycles. The maximum absolute atomic E-state index is 10.8. The maximum Gasteiger partial charge on any atom is 0.191 e. The largest absolute Gasteiger partial charge is 0.383 e. The Morgan fingerprint density at radius 1 is 1.27 bits per heavy atom. The van der Waals surface area contributed by atoms with Crippen molar-refractivity contribution in [2.45, 2.75) is 37.7 Å². The van der Waals surface area contributed by atoms with Gasteiger partial charge in [0.25, 0.3) is 0 Å². The van der Waals surface area contributed by atoms with E-state index in [0.29, 0.717) is 5.96 Å². The third kappa shape index (κ3) is 6.18. The minimum atomic E-state index is -1.08. The van der Waals surface area contributed by atoms with Gasteiger partial charge in [-0.15, -0.1) is 24.0 Å². The number of guanidine groups is 1. The first-order valence-corrected chi connectivity index (χ1v) is 10.3. The number of rotatable bonds is 7. The fourth-order valence-corrected chi connectivity index (χ4v) is 3.74. The van der Waals surface area contributed by atoms with E-state index in [2.05, 4.69) is 51.1 Å². The molecule has 0 amide bonds. The lowest BCUT2D eigenvalue weighted by Crippen LogP contribution is -2.48. The van der Waals surface area contributed by atoms with E-state index in [0.717, 1.165) is 44.7 Å². The molecule has 166 valence electrons. The number of ether oxygens (including phenoxy) is 1. The Morgan fingerprint density at radius 2 is 1.97 bits per heavy atom. The van der Waals surface area contributed by atoms with Crippen LogP contribution >= 0.6 is 24.0 Å². The third-order valence-corrected chi connectivity index (χ3v) is 5.65. The van der Waals surface area contributed by atoms with Crippen molar-refractivity contribution in [3.05, 3.63) is 53.9 Å². The first kappa shape index (κ1) is 24.6. The van der Waals surface area contributed by atoms with E-state index < -0.39 is 5.60 Å². The van der Waals surface area contributed by atoms with Crippen molar-refractivity contribution in [1.29, 1.82) is 0 Å². The Balaban J connectivity index is 0.00000320. The third-order valence-electron chi connectivity index (χ3n) is 5.65. The van der Waals surface area contributed by atoms with Gasteiger partial charge in [-0.1, -0.05) is 30.3 Å². The molecule has 1 aromatic carbocycles. The number of aromatic nitrogens is 2. The van der Waals surface area contributed by atoms with Crippen molar-refractivity contribution < 1.29 is 9.84 Å². The summed E-state index contributed by atoms with van der Waals surface area (Å²) in [4.78, 5) is 4.66. The number of hydrogen-bond donors (Lipinski definition) is 3. The fourth-order valence-electron chi connectivity index (χ4n) is 3.74. The van der Waals surface area contributed by atoms with Crippen molar-refractivity contribution in [1.82, 2.24) is 20.4 Å². The number of nitrogens with one attached hydrogen (secondary N) is 2. The Hall–Kier alpha value is -1.65. The lowest BCUT2D eigenvalue weighted by Gasteiger charge is -2.38. The first-order chi connectivity index (χ1) is 14.0. The van der Waals surface area contributed by atoms with E-state index in [9.17, 15) is 5.11 Å². The van der Waals surface area contributed by atoms with Gasteiger partial charge in [0.2, 0.25) is 0 Å². The lowest BCUT2D eigenvalue weighted by molar-refractivity contribution is 0.0513. The topological polar surface area (TPSA) is 83.7 Å². The number of nitrogens with zero attached hydrogens (tertiary/aromatic N) is 3. The fraction of sp³-hybridized carbons (Fsp3) is 0.545. The molecule has 0 aliphatic carbocycles. The van der Waals surface area contributed by atoms with Gasteiger partial charge in [-0.25, -0.2) is 4.99 Å². The van der Waals surface area contributed by atoms with Crippen LogP contribution in [0, 0.1) is 0 Å². The lowest BCUT2D eigenvalue weighted by atomic mass is 9.74. The Bertz CT molecular complexity index is 801. The number of benzene rings is 1. The van der Waals surface area contributed by atoms with Crippen LogP contribution in [-0.2, 0) is 22.8 Å². The molecule has 1 aliphatic rings. The van der Waals surface area contributed by atoms with Crippen LogP contribution < -0.4 is 10.6 Å². The minimum Gasteiger partial charge on any atom is -0.383 e. The van der Waals surface area contributed by atoms with Crippen molar-refractivity contribution in [2.75, 3.05) is 32.8 Å². The molecular weight excluding hydrogens is 493 g/mol. The summed E-state index contributed by atoms with van der Waals surface area (Å²) in [5, 5.41) is 21.8. The predicted molar refractivity (Wildman–Crippen MR) is 130 cm³/mol. The molecule has 0 radical (unpaired) electrons. The van der Waals surface area contributed by atoms with Crippen LogP contribution in [-0.4, -0.2) is 53.7 Å². The van der Waals surface area contributed by atoms with Gasteiger partial charge in [-0.05, 0) is 32.3 Å². The molecule has 2 aromatic rings. The van der Waals surface area contributed by atoms with Gasteiger partial charge in [0, 0.05) is 50.5 Å². The molecule has 0 bridgehead atoms. The summed E-state index contributed by atoms with van der Waals surface area (Å²) in [6.45, 7) is 7.10. The van der Waals surface area contributed by atoms with Crippen LogP contribution in [0.5, 0.6) is 0 Å². The van der Waals surface area contributed by atoms with Crippen LogP contribution in [0.3, 0.4) is 0 Å². The van der Waals surface area contributed by atoms with E-state index in [1.807, 2.05) is 20.2 Å². The molecule has 2 heterocycles. The van der Waals surface area contributed by atoms with Gasteiger partial charge in [0.15, 0.2) is 5.96 Å². The molecule has 1 aliphatic heterocycles. The molecule has 0 spiro atoms. The Morgan fingerprint density at radius 3 is 2.57 bits per heavy atom. The molecule has 7 nitrogen and oxygen atoms in total. The Kier molecular flexibility index (Phi) is 9.11. The van der Waals surface area contributed by atoms with Crippen LogP contribution in [0.25, 0.3) is 0 Å². The quantitative estimate of drug-likeness (QED) is 0.293. The van der Waals surface area contributed by atoms with Crippen molar-refractivity contribution in [3.63, 3.8) is 0 Å². The number of halogens is 1. The summed E-state index contributed by atoms with van der Waals surface area (Å²) in [6, 6.07) is 10.6. The summed E-state index contributed by atoms with van der Waals surface area (Å²) in [5.41, 5.74) is 1.02. The van der Waals surface area contributed by atoms with Crippen molar-refractivity contribution >= 4 is 29.9 Å². The number of aliphatic hydroxyl groups is 1. The van der Waals surface area contributed by atoms with E-state index in [4.69, 9.17) is 4.74 Å². The van der Waals surface area contributed by atoms with Crippen LogP contribution in [0.4, 0.5) is 0 Å². The molecule has 8 heteroatoms. The smallest absolute Gasteiger partial charge is 0.191 e. The first-order valence-electron chi connectivity index (χ1n) is 10.3. The van der Waals surface area contributed by atoms with E-state index in [1.54, 1.807) is 17.8 Å². The van der Waals surface area contributed by atoms with E-state index >= 15 is 0 Å². The molecule has 3 N–H and O–H groups in total. The summed E-state index contributed by atoms with van der Waals surface area (Å²) in [7, 11) is 1.84. The molecule has 1 atom stereocenters. The molecule has 1 saturated heterocycles. The van der Waals surface area contributed by atoms with Crippen LogP contribution in [0.2, 0.25) is 0 Å². The molecule has 30 heavy (non-hydrogen) atoms. The average molecular weight is 527 g/mol. The summed E-state index contributed by atoms with van der Waals surface area (Å²) >= 11 is 0. The molecule has 1 unspecified atom stereocenters. The summed E-state index contributed by atoms with van der Waals surface area (Å²) in [6.07, 6.45) is 5.44. The molecule has 3 rings (SSSR count). The molecule has 1 aromatic heterocycles. The summed E-state index contributed by atoms with van der Waals surface area (Å²) < 4.78 is 7.32. The predicted octanol–water partition coefficient (Wildman–Crippen LogP) is 2.55. The normalized spacial score (nSPS) is 18.2. The summed E-state index contributed by atoms with van der Waals surface area (Å²) in [5.74, 6) is 0.707. The molecular formula is C22H34IN5O2. The van der Waals surface area contributed by atoms with Gasteiger partial charge >= 0.3 is 0 Å². The van der Waals surface area contributed by atoms with Crippen LogP contribution in [0.1, 0.15) is 37.8 Å². The second-order valence-electron chi connectivity index (χ2n) is 7.98. The second kappa shape index (κ2) is 11.1. The minimum absolute atomic E-state index is 0. The zero-order chi connectivity index (χ0) is 20.7. The highest BCUT2D eigenvalue weighted by Gasteiger charge is 2.34. The average Bonchev–Trinajstić information content (AvgIpc) is 3.19. The number of aliphatic imine (C=N–C) groups is 1. The monoisotopic (exact) mass is 527 g/mol. The van der Waals surface area contributed by atoms with E-state index in [-0.39, 0.29) is 35.9 Å². The second-order valence-corrected chi connectivity index (χ2v) is 7.98. The van der Waals surface area contributed by atoms with Gasteiger partial charge < -0.3 is 20.5 Å². The highest BCUT2D eigenvalue weighted by atomic mass is 127. The van der Waals surface area contributed by atoms with Crippen molar-refractivity contribution in [2.24, 2.45) is 12.0 Å². The van der Waals surface area contributed by atoms with Crippen LogP contribution in [0.15, 0.2) is 47.7 Å². The van der Waals surface area contributed by atoms with Gasteiger partial charge in [-0.3, -0.25) is 4.68 Å². The van der Waals surface area contributed by atoms with Crippen molar-refractivity contribution in [3.8, 4) is 0 Å². The number of aryl methyl sites for hydroxylation is 1. The zero-order valence-corrected chi connectivity index (χ0v) is 20.4. The number of hydrogen-bond acceptors (Lipinski definition) is 4. The van der Waals surface area contributed by atoms with Gasteiger partial charge in [0.1, 0.15) is 5.60 Å². The standard InChI is InChI=1S/C22H33N5O2.HI/c1-4-23-20(24-16-21(2,28)19-14-26-27(3)15-19)25-17-22(10-12-29-13-11-22)18-8-6-5-7-9-18;/h5-9,14-15,28H,4,10-13,16-17H2,1-3H3,(H2,23,24,25);1H. The maximum atomic E-state index is 10.8.